The normalized spacial score (nSPS) is 11.0. The van der Waals surface area contributed by atoms with Crippen molar-refractivity contribution in [3.05, 3.63) is 34.7 Å². The number of aryl methyl sites for hydroxylation is 1. The van der Waals surface area contributed by atoms with Gasteiger partial charge in [-0.05, 0) is 12.5 Å². The highest BCUT2D eigenvalue weighted by Gasteiger charge is 2.22. The summed E-state index contributed by atoms with van der Waals surface area (Å²) in [6.07, 6.45) is 0.747. The van der Waals surface area contributed by atoms with Crippen molar-refractivity contribution in [2.24, 2.45) is 0 Å². The van der Waals surface area contributed by atoms with Crippen LogP contribution in [0.15, 0.2) is 18.2 Å². The van der Waals surface area contributed by atoms with E-state index in [1.807, 2.05) is 6.92 Å². The second-order valence-electron chi connectivity index (χ2n) is 3.76. The maximum absolute atomic E-state index is 13.8. The summed E-state index contributed by atoms with van der Waals surface area (Å²) in [6.45, 7) is 2.41. The van der Waals surface area contributed by atoms with Gasteiger partial charge in [0, 0.05) is 11.9 Å². The number of carbonyl (C=O) groups is 1. The second kappa shape index (κ2) is 4.37. The molecular weight excluding hydrogens is 245 g/mol. The number of halogens is 2. The van der Waals surface area contributed by atoms with Crippen LogP contribution >= 0.6 is 11.6 Å². The maximum atomic E-state index is 13.8. The number of aromatic nitrogens is 1. The molecule has 1 aromatic carbocycles. The maximum Gasteiger partial charge on any atom is 0.339 e. The molecule has 5 heteroatoms. The van der Waals surface area contributed by atoms with E-state index in [2.05, 4.69) is 0 Å². The molecule has 0 saturated carbocycles. The molecule has 3 nitrogen and oxygen atoms in total. The predicted octanol–water partition coefficient (Wildman–Crippen LogP) is 3.54. The Labute approximate surface area is 102 Å². The molecule has 0 unspecified atom stereocenters. The highest BCUT2D eigenvalue weighted by Crippen LogP contribution is 2.31. The summed E-state index contributed by atoms with van der Waals surface area (Å²) in [4.78, 5) is 11.1. The van der Waals surface area contributed by atoms with Crippen LogP contribution in [0.25, 0.3) is 10.9 Å². The van der Waals surface area contributed by atoms with Gasteiger partial charge in [-0.15, -0.1) is 0 Å². The van der Waals surface area contributed by atoms with E-state index in [-0.39, 0.29) is 16.2 Å². The summed E-state index contributed by atoms with van der Waals surface area (Å²) in [6, 6.07) is 4.35. The third kappa shape index (κ3) is 1.78. The molecule has 2 aromatic rings. The molecule has 0 aliphatic heterocycles. The van der Waals surface area contributed by atoms with Crippen LogP contribution in [0.4, 0.5) is 4.39 Å². The minimum Gasteiger partial charge on any atom is -0.478 e. The summed E-state index contributed by atoms with van der Waals surface area (Å²) >= 11 is 6.01. The third-order valence-corrected chi connectivity index (χ3v) is 3.02. The first-order valence-corrected chi connectivity index (χ1v) is 5.65. The molecule has 17 heavy (non-hydrogen) atoms. The number of hydrogen-bond acceptors (Lipinski definition) is 1. The van der Waals surface area contributed by atoms with Crippen molar-refractivity contribution < 1.29 is 14.3 Å². The molecular formula is C12H11ClFNO2. The van der Waals surface area contributed by atoms with Crippen molar-refractivity contribution in [2.75, 3.05) is 0 Å². The Hall–Kier alpha value is -1.55. The van der Waals surface area contributed by atoms with Crippen LogP contribution in [0.1, 0.15) is 23.7 Å². The number of rotatable bonds is 3. The van der Waals surface area contributed by atoms with E-state index in [9.17, 15) is 9.18 Å². The van der Waals surface area contributed by atoms with Gasteiger partial charge in [0.1, 0.15) is 16.5 Å². The quantitative estimate of drug-likeness (QED) is 0.911. The van der Waals surface area contributed by atoms with Crippen molar-refractivity contribution >= 4 is 28.5 Å². The SMILES string of the molecule is CCCn1c(Cl)c(C(=O)O)c2cccc(F)c21. The Morgan fingerprint density at radius 2 is 2.24 bits per heavy atom. The van der Waals surface area contributed by atoms with E-state index in [4.69, 9.17) is 16.7 Å². The largest absolute Gasteiger partial charge is 0.478 e. The molecule has 0 spiro atoms. The van der Waals surface area contributed by atoms with Crippen molar-refractivity contribution in [2.45, 2.75) is 19.9 Å². The molecule has 0 bridgehead atoms. The molecule has 0 aliphatic rings. The van der Waals surface area contributed by atoms with E-state index in [1.165, 1.54) is 16.7 Å². The molecule has 2 rings (SSSR count). The molecule has 0 fully saturated rings. The Bertz CT molecular complexity index is 592. The highest BCUT2D eigenvalue weighted by atomic mass is 35.5. The zero-order valence-electron chi connectivity index (χ0n) is 9.20. The van der Waals surface area contributed by atoms with Crippen molar-refractivity contribution in [3.63, 3.8) is 0 Å². The van der Waals surface area contributed by atoms with Gasteiger partial charge in [0.15, 0.2) is 0 Å². The van der Waals surface area contributed by atoms with E-state index in [0.717, 1.165) is 6.42 Å². The van der Waals surface area contributed by atoms with Gasteiger partial charge in [0.2, 0.25) is 0 Å². The fourth-order valence-corrected chi connectivity index (χ4v) is 2.32. The number of fused-ring (bicyclic) bond motifs is 1. The fraction of sp³-hybridized carbons (Fsp3) is 0.250. The number of nitrogens with zero attached hydrogens (tertiary/aromatic N) is 1. The Kier molecular flexibility index (Phi) is 3.07. The Morgan fingerprint density at radius 3 is 2.82 bits per heavy atom. The molecule has 0 aliphatic carbocycles. The van der Waals surface area contributed by atoms with Gasteiger partial charge in [0.05, 0.1) is 5.52 Å². The van der Waals surface area contributed by atoms with Crippen LogP contribution < -0.4 is 0 Å². The van der Waals surface area contributed by atoms with E-state index < -0.39 is 11.8 Å². The number of para-hydroxylation sites is 1. The van der Waals surface area contributed by atoms with Crippen molar-refractivity contribution in [1.29, 1.82) is 0 Å². The zero-order valence-corrected chi connectivity index (χ0v) is 9.96. The third-order valence-electron chi connectivity index (χ3n) is 2.63. The minimum atomic E-state index is -1.14. The Morgan fingerprint density at radius 1 is 1.53 bits per heavy atom. The summed E-state index contributed by atoms with van der Waals surface area (Å²) in [5.41, 5.74) is 0.228. The van der Waals surface area contributed by atoms with Crippen LogP contribution in [-0.4, -0.2) is 15.6 Å². The summed E-state index contributed by atoms with van der Waals surface area (Å²) < 4.78 is 15.3. The van der Waals surface area contributed by atoms with Gasteiger partial charge < -0.3 is 9.67 Å². The summed E-state index contributed by atoms with van der Waals surface area (Å²) in [5, 5.41) is 9.54. The van der Waals surface area contributed by atoms with Crippen LogP contribution in [0.2, 0.25) is 5.15 Å². The lowest BCUT2D eigenvalue weighted by molar-refractivity contribution is 0.0699. The van der Waals surface area contributed by atoms with Gasteiger partial charge in [0.25, 0.3) is 0 Å². The smallest absolute Gasteiger partial charge is 0.339 e. The Balaban J connectivity index is 2.88. The standard InChI is InChI=1S/C12H11ClFNO2/c1-2-6-15-10-7(4-3-5-8(10)14)9(11(15)13)12(16)17/h3-5H,2,6H2,1H3,(H,16,17). The summed E-state index contributed by atoms with van der Waals surface area (Å²) in [5.74, 6) is -1.59. The van der Waals surface area contributed by atoms with Crippen LogP contribution in [0, 0.1) is 5.82 Å². The fourth-order valence-electron chi connectivity index (χ4n) is 1.97. The first kappa shape index (κ1) is 11.9. The van der Waals surface area contributed by atoms with Crippen LogP contribution in [0.3, 0.4) is 0 Å². The molecule has 1 heterocycles. The van der Waals surface area contributed by atoms with Crippen LogP contribution in [0.5, 0.6) is 0 Å². The number of hydrogen-bond donors (Lipinski definition) is 1. The average Bonchev–Trinajstić information content (AvgIpc) is 2.54. The van der Waals surface area contributed by atoms with E-state index in [0.29, 0.717) is 11.9 Å². The number of benzene rings is 1. The average molecular weight is 256 g/mol. The zero-order chi connectivity index (χ0) is 12.6. The first-order valence-electron chi connectivity index (χ1n) is 5.27. The van der Waals surface area contributed by atoms with Gasteiger partial charge in [-0.25, -0.2) is 9.18 Å². The molecule has 0 atom stereocenters. The highest BCUT2D eigenvalue weighted by molar-refractivity contribution is 6.35. The molecule has 0 amide bonds. The number of aromatic carboxylic acids is 1. The molecule has 1 N–H and O–H groups in total. The number of carboxylic acids is 1. The van der Waals surface area contributed by atoms with E-state index in [1.54, 1.807) is 6.07 Å². The van der Waals surface area contributed by atoms with E-state index >= 15 is 0 Å². The second-order valence-corrected chi connectivity index (χ2v) is 4.12. The lowest BCUT2D eigenvalue weighted by Crippen LogP contribution is -2.00. The summed E-state index contributed by atoms with van der Waals surface area (Å²) in [7, 11) is 0. The molecule has 90 valence electrons. The van der Waals surface area contributed by atoms with Gasteiger partial charge in [-0.1, -0.05) is 30.7 Å². The van der Waals surface area contributed by atoms with Gasteiger partial charge >= 0.3 is 5.97 Å². The van der Waals surface area contributed by atoms with Gasteiger partial charge in [-0.3, -0.25) is 0 Å². The predicted molar refractivity (Wildman–Crippen MR) is 64.2 cm³/mol. The number of carboxylic acid groups (broad SMARTS) is 1. The monoisotopic (exact) mass is 255 g/mol. The first-order chi connectivity index (χ1) is 8.07. The van der Waals surface area contributed by atoms with Crippen molar-refractivity contribution in [1.82, 2.24) is 4.57 Å². The lowest BCUT2D eigenvalue weighted by atomic mass is 10.2. The lowest BCUT2D eigenvalue weighted by Gasteiger charge is -2.04. The molecule has 0 radical (unpaired) electrons. The van der Waals surface area contributed by atoms with Crippen molar-refractivity contribution in [3.8, 4) is 0 Å². The topological polar surface area (TPSA) is 42.2 Å². The van der Waals surface area contributed by atoms with Crippen LogP contribution in [-0.2, 0) is 6.54 Å². The molecule has 0 saturated heterocycles. The van der Waals surface area contributed by atoms with Gasteiger partial charge in [-0.2, -0.15) is 0 Å². The molecule has 1 aromatic heterocycles. The minimum absolute atomic E-state index is 0.0328.